The third-order valence-corrected chi connectivity index (χ3v) is 7.14. The number of hydrogen-bond donors (Lipinski definition) is 3. The summed E-state index contributed by atoms with van der Waals surface area (Å²) in [4.78, 5) is 55.4. The van der Waals surface area contributed by atoms with Gasteiger partial charge in [-0.1, -0.05) is 23.7 Å². The molecule has 0 saturated carbocycles. The molecular formula is C28H26ClN5O5. The summed E-state index contributed by atoms with van der Waals surface area (Å²) in [7, 11) is 1.29. The number of benzene rings is 2. The zero-order valence-corrected chi connectivity index (χ0v) is 21.8. The Morgan fingerprint density at radius 1 is 1.08 bits per heavy atom. The molecule has 0 bridgehead atoms. The van der Waals surface area contributed by atoms with Crippen molar-refractivity contribution in [1.82, 2.24) is 19.8 Å². The van der Waals surface area contributed by atoms with Crippen LogP contribution >= 0.6 is 11.6 Å². The summed E-state index contributed by atoms with van der Waals surface area (Å²) in [5.41, 5.74) is 2.14. The van der Waals surface area contributed by atoms with E-state index in [9.17, 15) is 19.2 Å². The number of nitrogens with zero attached hydrogens (tertiary/aromatic N) is 2. The second kappa shape index (κ2) is 11.0. The summed E-state index contributed by atoms with van der Waals surface area (Å²) >= 11 is 6.14. The molecule has 4 aromatic rings. The van der Waals surface area contributed by atoms with Crippen molar-refractivity contribution in [3.05, 3.63) is 94.0 Å². The molecule has 5 rings (SSSR count). The molecule has 3 amide bonds. The number of H-pyrrole nitrogens is 1. The maximum Gasteiger partial charge on any atom is 0.409 e. The topological polar surface area (TPSA) is 126 Å². The van der Waals surface area contributed by atoms with Gasteiger partial charge in [-0.15, -0.1) is 0 Å². The summed E-state index contributed by atoms with van der Waals surface area (Å²) in [6.45, 7) is 0.402. The molecular weight excluding hydrogens is 522 g/mol. The molecule has 39 heavy (non-hydrogen) atoms. The lowest BCUT2D eigenvalue weighted by atomic mass is 9.90. The number of nitrogens with one attached hydrogen (secondary N) is 3. The van der Waals surface area contributed by atoms with Crippen LogP contribution < -0.4 is 16.2 Å². The van der Waals surface area contributed by atoms with Crippen molar-refractivity contribution >= 4 is 46.1 Å². The molecule has 1 fully saturated rings. The maximum absolute atomic E-state index is 13.4. The lowest BCUT2D eigenvalue weighted by molar-refractivity contribution is -0.122. The van der Waals surface area contributed by atoms with Crippen LogP contribution in [0.2, 0.25) is 5.02 Å². The fourth-order valence-electron chi connectivity index (χ4n) is 4.75. The Labute approximate surface area is 228 Å². The first kappa shape index (κ1) is 26.1. The van der Waals surface area contributed by atoms with E-state index < -0.39 is 18.1 Å². The zero-order valence-electron chi connectivity index (χ0n) is 21.0. The van der Waals surface area contributed by atoms with Gasteiger partial charge in [0.25, 0.3) is 11.5 Å². The zero-order chi connectivity index (χ0) is 27.5. The standard InChI is InChI=1S/C28H26ClN5O5/c1-39-28(38)33-13-11-23(32-26(36)17-5-10-20-22(29)15-30-24(20)14-17)21(16-33)27(37)31-18-6-8-19(9-7-18)34-12-3-2-4-25(34)35/h2-10,12,14-15,21,23,30H,11,13,16H2,1H3,(H,31,37)(H,32,36)/t21-,23+/m0/s1. The van der Waals surface area contributed by atoms with Crippen molar-refractivity contribution in [3.8, 4) is 5.69 Å². The Hall–Kier alpha value is -4.57. The number of anilines is 1. The summed E-state index contributed by atoms with van der Waals surface area (Å²) < 4.78 is 6.35. The third kappa shape index (κ3) is 5.51. The quantitative estimate of drug-likeness (QED) is 0.350. The molecule has 0 spiro atoms. The lowest BCUT2D eigenvalue weighted by Crippen LogP contribution is -2.55. The molecule has 2 atom stereocenters. The van der Waals surface area contributed by atoms with E-state index in [0.717, 1.165) is 10.9 Å². The third-order valence-electron chi connectivity index (χ3n) is 6.83. The van der Waals surface area contributed by atoms with E-state index >= 15 is 0 Å². The number of fused-ring (bicyclic) bond motifs is 1. The molecule has 0 aliphatic carbocycles. The Morgan fingerprint density at radius 2 is 1.87 bits per heavy atom. The number of methoxy groups -OCH3 is 1. The highest BCUT2D eigenvalue weighted by molar-refractivity contribution is 6.35. The van der Waals surface area contributed by atoms with Crippen LogP contribution in [-0.2, 0) is 9.53 Å². The first-order valence-corrected chi connectivity index (χ1v) is 12.7. The molecule has 3 N–H and O–H groups in total. The van der Waals surface area contributed by atoms with Crippen molar-refractivity contribution in [2.45, 2.75) is 12.5 Å². The average Bonchev–Trinajstić information content (AvgIpc) is 3.33. The lowest BCUT2D eigenvalue weighted by Gasteiger charge is -2.37. The molecule has 3 heterocycles. The molecule has 1 aliphatic rings. The van der Waals surface area contributed by atoms with Gasteiger partial charge < -0.3 is 25.3 Å². The van der Waals surface area contributed by atoms with Crippen LogP contribution in [0.15, 0.2) is 77.9 Å². The number of piperidine rings is 1. The number of hydrogen-bond acceptors (Lipinski definition) is 5. The Balaban J connectivity index is 1.33. The van der Waals surface area contributed by atoms with E-state index in [1.165, 1.54) is 22.6 Å². The normalized spacial score (nSPS) is 17.0. The predicted octanol–water partition coefficient (Wildman–Crippen LogP) is 3.80. The van der Waals surface area contributed by atoms with Gasteiger partial charge in [-0.25, -0.2) is 4.79 Å². The molecule has 200 valence electrons. The number of carbonyl (C=O) groups excluding carboxylic acids is 3. The summed E-state index contributed by atoms with van der Waals surface area (Å²) in [5.74, 6) is -1.43. The highest BCUT2D eigenvalue weighted by atomic mass is 35.5. The molecule has 1 saturated heterocycles. The highest BCUT2D eigenvalue weighted by Crippen LogP contribution is 2.25. The summed E-state index contributed by atoms with van der Waals surface area (Å²) in [6, 6.07) is 16.3. The number of aromatic amines is 1. The van der Waals surface area contributed by atoms with Crippen LogP contribution in [0, 0.1) is 5.92 Å². The Kier molecular flexibility index (Phi) is 7.38. The van der Waals surface area contributed by atoms with Gasteiger partial charge in [0.05, 0.1) is 18.1 Å². The van der Waals surface area contributed by atoms with Crippen molar-refractivity contribution in [2.24, 2.45) is 5.92 Å². The smallest absolute Gasteiger partial charge is 0.409 e. The minimum Gasteiger partial charge on any atom is -0.453 e. The maximum atomic E-state index is 13.4. The number of aromatic nitrogens is 2. The molecule has 1 aliphatic heterocycles. The van der Waals surface area contributed by atoms with Gasteiger partial charge in [0.2, 0.25) is 5.91 Å². The molecule has 0 radical (unpaired) electrons. The van der Waals surface area contributed by atoms with E-state index in [1.807, 2.05) is 0 Å². The molecule has 2 aromatic carbocycles. The van der Waals surface area contributed by atoms with Gasteiger partial charge in [0.1, 0.15) is 0 Å². The van der Waals surface area contributed by atoms with E-state index in [2.05, 4.69) is 15.6 Å². The van der Waals surface area contributed by atoms with Crippen LogP contribution in [0.1, 0.15) is 16.8 Å². The van der Waals surface area contributed by atoms with Crippen LogP contribution in [-0.4, -0.2) is 58.6 Å². The van der Waals surface area contributed by atoms with E-state index in [1.54, 1.807) is 67.0 Å². The number of likely N-dealkylation sites (tertiary alicyclic amines) is 1. The Bertz CT molecular complexity index is 1600. The van der Waals surface area contributed by atoms with E-state index in [-0.39, 0.29) is 23.9 Å². The second-order valence-corrected chi connectivity index (χ2v) is 9.64. The number of ether oxygens (including phenoxy) is 1. The molecule has 10 nitrogen and oxygen atoms in total. The fourth-order valence-corrected chi connectivity index (χ4v) is 4.97. The van der Waals surface area contributed by atoms with Crippen LogP contribution in [0.3, 0.4) is 0 Å². The van der Waals surface area contributed by atoms with Gasteiger partial charge in [-0.2, -0.15) is 0 Å². The van der Waals surface area contributed by atoms with Crippen LogP contribution in [0.5, 0.6) is 0 Å². The number of pyridine rings is 1. The van der Waals surface area contributed by atoms with Gasteiger partial charge in [-0.3, -0.25) is 19.0 Å². The first-order valence-electron chi connectivity index (χ1n) is 12.3. The summed E-state index contributed by atoms with van der Waals surface area (Å²) in [6.07, 6.45) is 3.14. The van der Waals surface area contributed by atoms with Gasteiger partial charge >= 0.3 is 6.09 Å². The minimum atomic E-state index is -0.734. The molecule has 2 aromatic heterocycles. The monoisotopic (exact) mass is 547 g/mol. The number of rotatable bonds is 5. The van der Waals surface area contributed by atoms with Crippen molar-refractivity contribution < 1.29 is 19.1 Å². The number of amides is 3. The fraction of sp³-hybridized carbons (Fsp3) is 0.214. The van der Waals surface area contributed by atoms with Crippen LogP contribution in [0.25, 0.3) is 16.6 Å². The van der Waals surface area contributed by atoms with E-state index in [0.29, 0.717) is 34.9 Å². The Morgan fingerprint density at radius 3 is 2.62 bits per heavy atom. The van der Waals surface area contributed by atoms with Gasteiger partial charge in [0, 0.05) is 65.4 Å². The highest BCUT2D eigenvalue weighted by Gasteiger charge is 2.37. The van der Waals surface area contributed by atoms with Gasteiger partial charge in [-0.05, 0) is 48.9 Å². The predicted molar refractivity (Wildman–Crippen MR) is 147 cm³/mol. The van der Waals surface area contributed by atoms with Crippen molar-refractivity contribution in [2.75, 3.05) is 25.5 Å². The second-order valence-electron chi connectivity index (χ2n) is 9.23. The minimum absolute atomic E-state index is 0.0756. The van der Waals surface area contributed by atoms with Crippen molar-refractivity contribution in [3.63, 3.8) is 0 Å². The van der Waals surface area contributed by atoms with Gasteiger partial charge in [0.15, 0.2) is 0 Å². The molecule has 11 heteroatoms. The number of halogens is 1. The van der Waals surface area contributed by atoms with E-state index in [4.69, 9.17) is 16.3 Å². The van der Waals surface area contributed by atoms with Crippen molar-refractivity contribution in [1.29, 1.82) is 0 Å². The first-order chi connectivity index (χ1) is 18.8. The summed E-state index contributed by atoms with van der Waals surface area (Å²) in [5, 5.41) is 7.22. The van der Waals surface area contributed by atoms with Crippen LogP contribution in [0.4, 0.5) is 10.5 Å². The number of carbonyl (C=O) groups is 3. The largest absolute Gasteiger partial charge is 0.453 e. The SMILES string of the molecule is COC(=O)N1CC[C@@H](NC(=O)c2ccc3c(Cl)c[nH]c3c2)[C@@H](C(=O)Nc2ccc(-n3ccccc3=O)cc2)C1. The average molecular weight is 548 g/mol. The molecule has 0 unspecified atom stereocenters.